The molecular formula is C31H30N4O6S3. The summed E-state index contributed by atoms with van der Waals surface area (Å²) in [5, 5.41) is 8.50. The van der Waals surface area contributed by atoms with Crippen LogP contribution in [0.4, 0.5) is 0 Å². The van der Waals surface area contributed by atoms with E-state index in [1.807, 2.05) is 78.2 Å². The van der Waals surface area contributed by atoms with Gasteiger partial charge >= 0.3 is 5.97 Å². The van der Waals surface area contributed by atoms with Crippen molar-refractivity contribution in [2.24, 2.45) is 5.10 Å². The number of benzene rings is 2. The van der Waals surface area contributed by atoms with Crippen molar-refractivity contribution >= 4 is 56.9 Å². The second kappa shape index (κ2) is 13.0. The number of β-lactam (4-membered cyclic amide) rings is 1. The maximum Gasteiger partial charge on any atom is 0.356 e. The number of ether oxygens (including phenoxy) is 1. The smallest absolute Gasteiger partial charge is 0.356 e. The summed E-state index contributed by atoms with van der Waals surface area (Å²) in [6, 6.07) is 21.3. The minimum atomic E-state index is -3.10. The molecule has 3 aliphatic rings. The van der Waals surface area contributed by atoms with Crippen LogP contribution in [0.25, 0.3) is 0 Å². The number of hydrogen-bond donors (Lipinski definition) is 2. The largest absolute Gasteiger partial charge is 0.448 e. The van der Waals surface area contributed by atoms with E-state index in [2.05, 4.69) is 15.8 Å². The van der Waals surface area contributed by atoms with E-state index in [1.54, 1.807) is 0 Å². The Kier molecular flexibility index (Phi) is 8.87. The van der Waals surface area contributed by atoms with Crippen molar-refractivity contribution in [3.05, 3.63) is 105 Å². The maximum atomic E-state index is 14.0. The predicted molar refractivity (Wildman–Crippen MR) is 170 cm³/mol. The third-order valence-electron chi connectivity index (χ3n) is 7.56. The minimum Gasteiger partial charge on any atom is -0.448 e. The number of thiophene rings is 1. The number of hydrogen-bond acceptors (Lipinski definition) is 10. The lowest BCUT2D eigenvalue weighted by molar-refractivity contribution is -0.154. The molecule has 0 saturated carbocycles. The van der Waals surface area contributed by atoms with Crippen LogP contribution < -0.4 is 10.7 Å². The zero-order valence-corrected chi connectivity index (χ0v) is 25.9. The molecule has 2 fully saturated rings. The Labute approximate surface area is 263 Å². The van der Waals surface area contributed by atoms with Gasteiger partial charge in [0.1, 0.15) is 17.1 Å². The monoisotopic (exact) mass is 650 g/mol. The molecule has 0 radical (unpaired) electrons. The highest BCUT2D eigenvalue weighted by Crippen LogP contribution is 2.41. The molecule has 3 aromatic rings. The molecule has 4 heterocycles. The second-order valence-electron chi connectivity index (χ2n) is 10.7. The van der Waals surface area contributed by atoms with Crippen LogP contribution >= 0.6 is 23.1 Å². The molecule has 2 amide bonds. The van der Waals surface area contributed by atoms with Gasteiger partial charge in [-0.2, -0.15) is 5.10 Å². The highest BCUT2D eigenvalue weighted by atomic mass is 32.2. The number of fused-ring (bicyclic) bond motifs is 1. The summed E-state index contributed by atoms with van der Waals surface area (Å²) in [5.74, 6) is -0.968. The summed E-state index contributed by atoms with van der Waals surface area (Å²) >= 11 is 2.88. The van der Waals surface area contributed by atoms with Crippen LogP contribution in [0.3, 0.4) is 0 Å². The molecule has 228 valence electrons. The first kappa shape index (κ1) is 30.1. The molecule has 13 heteroatoms. The van der Waals surface area contributed by atoms with Gasteiger partial charge in [0.2, 0.25) is 5.91 Å². The van der Waals surface area contributed by atoms with Gasteiger partial charge in [-0.15, -0.1) is 23.1 Å². The van der Waals surface area contributed by atoms with Gasteiger partial charge in [0, 0.05) is 16.2 Å². The van der Waals surface area contributed by atoms with Crippen LogP contribution in [-0.4, -0.2) is 72.0 Å². The lowest BCUT2D eigenvalue weighted by Crippen LogP contribution is -2.70. The Morgan fingerprint density at radius 2 is 1.75 bits per heavy atom. The number of esters is 1. The molecule has 44 heavy (non-hydrogen) atoms. The number of carbonyl (C=O) groups excluding carboxylic acids is 3. The van der Waals surface area contributed by atoms with Crippen molar-refractivity contribution in [3.63, 3.8) is 0 Å². The van der Waals surface area contributed by atoms with Gasteiger partial charge in [0.05, 0.1) is 30.2 Å². The first-order chi connectivity index (χ1) is 21.3. The van der Waals surface area contributed by atoms with Crippen molar-refractivity contribution in [2.45, 2.75) is 36.4 Å². The van der Waals surface area contributed by atoms with Crippen LogP contribution in [0.5, 0.6) is 0 Å². The maximum absolute atomic E-state index is 14.0. The Hall–Kier alpha value is -3.94. The zero-order valence-electron chi connectivity index (χ0n) is 23.5. The third-order valence-corrected chi connectivity index (χ3v) is 11.5. The summed E-state index contributed by atoms with van der Waals surface area (Å²) in [6.07, 6.45) is 1.33. The number of nitrogens with one attached hydrogen (secondary N) is 2. The third kappa shape index (κ3) is 6.59. The highest BCUT2D eigenvalue weighted by molar-refractivity contribution is 8.00. The standard InChI is InChI=1S/C31H30N4O6S3/c36-25(16-24-12-7-14-42-24)33-26-29(37)35-27(22(18-43-30(26)35)17-32-34-23-13-15-44(39,40)19-23)31(38)41-28(20-8-3-1-4-9-20)21-10-5-2-6-11-21/h1-12,14,17,23,26,28,30,34H,13,15-16,18-19H2,(H,33,36)/t23?,26?,30-/m0/s1. The lowest BCUT2D eigenvalue weighted by atomic mass is 10.0. The molecule has 6 rings (SSSR count). The number of sulfone groups is 1. The van der Waals surface area contributed by atoms with Crippen LogP contribution in [0.2, 0.25) is 0 Å². The predicted octanol–water partition coefficient (Wildman–Crippen LogP) is 3.04. The van der Waals surface area contributed by atoms with Gasteiger partial charge in [0.15, 0.2) is 15.9 Å². The highest BCUT2D eigenvalue weighted by Gasteiger charge is 2.54. The topological polar surface area (TPSA) is 134 Å². The molecule has 2 saturated heterocycles. The van der Waals surface area contributed by atoms with Crippen LogP contribution in [0.1, 0.15) is 28.5 Å². The van der Waals surface area contributed by atoms with Gasteiger partial charge in [-0.25, -0.2) is 13.2 Å². The second-order valence-corrected chi connectivity index (χ2v) is 15.0. The van der Waals surface area contributed by atoms with Crippen LogP contribution in [-0.2, 0) is 35.4 Å². The zero-order chi connectivity index (χ0) is 30.7. The summed E-state index contributed by atoms with van der Waals surface area (Å²) in [7, 11) is -3.10. The van der Waals surface area contributed by atoms with Gasteiger partial charge in [0.25, 0.3) is 5.91 Å². The summed E-state index contributed by atoms with van der Waals surface area (Å²) in [6.45, 7) is 0. The van der Waals surface area contributed by atoms with Crippen LogP contribution in [0, 0.1) is 0 Å². The van der Waals surface area contributed by atoms with Crippen molar-refractivity contribution in [3.8, 4) is 0 Å². The van der Waals surface area contributed by atoms with E-state index >= 15 is 0 Å². The number of nitrogens with zero attached hydrogens (tertiary/aromatic N) is 2. The first-order valence-electron chi connectivity index (χ1n) is 14.1. The molecule has 2 unspecified atom stereocenters. The van der Waals surface area contributed by atoms with Gasteiger partial charge in [-0.05, 0) is 29.0 Å². The van der Waals surface area contributed by atoms with Gasteiger partial charge in [-0.1, -0.05) is 66.7 Å². The molecule has 3 aliphatic heterocycles. The summed E-state index contributed by atoms with van der Waals surface area (Å²) in [5.41, 5.74) is 4.93. The van der Waals surface area contributed by atoms with Crippen molar-refractivity contribution in [1.29, 1.82) is 0 Å². The SMILES string of the molecule is O=C(Cc1cccs1)NC1C(=O)N2C(C(=O)OC(c3ccccc3)c3ccccc3)=C(C=NNC3CCS(=O)(=O)C3)CS[C@@H]12. The normalized spacial score (nSPS) is 22.5. The fraction of sp³-hybridized carbons (Fsp3) is 0.290. The molecule has 2 N–H and O–H groups in total. The first-order valence-corrected chi connectivity index (χ1v) is 17.8. The Bertz CT molecular complexity index is 1650. The Morgan fingerprint density at radius 3 is 2.36 bits per heavy atom. The molecule has 1 aromatic heterocycles. The van der Waals surface area contributed by atoms with E-state index in [9.17, 15) is 22.8 Å². The van der Waals surface area contributed by atoms with E-state index in [0.29, 0.717) is 17.7 Å². The lowest BCUT2D eigenvalue weighted by Gasteiger charge is -2.49. The minimum absolute atomic E-state index is 0.0115. The van der Waals surface area contributed by atoms with E-state index in [0.717, 1.165) is 16.0 Å². The van der Waals surface area contributed by atoms with Gasteiger partial charge < -0.3 is 15.5 Å². The van der Waals surface area contributed by atoms with E-state index in [-0.39, 0.29) is 35.6 Å². The Balaban J connectivity index is 1.26. The summed E-state index contributed by atoms with van der Waals surface area (Å²) < 4.78 is 29.9. The molecular weight excluding hydrogens is 621 g/mol. The molecule has 2 aromatic carbocycles. The number of hydrazone groups is 1. The van der Waals surface area contributed by atoms with E-state index in [4.69, 9.17) is 4.74 Å². The number of amides is 2. The molecule has 0 aliphatic carbocycles. The number of thioether (sulfide) groups is 1. The fourth-order valence-corrected chi connectivity index (χ4v) is 9.06. The van der Waals surface area contributed by atoms with E-state index < -0.39 is 39.2 Å². The van der Waals surface area contributed by atoms with Crippen molar-refractivity contribution < 1.29 is 27.5 Å². The molecule has 0 spiro atoms. The number of carbonyl (C=O) groups is 3. The van der Waals surface area contributed by atoms with E-state index in [1.165, 1.54) is 34.2 Å². The van der Waals surface area contributed by atoms with Crippen LogP contribution in [0.15, 0.2) is 94.5 Å². The number of rotatable bonds is 10. The average Bonchev–Trinajstić information content (AvgIpc) is 3.67. The Morgan fingerprint density at radius 1 is 1.05 bits per heavy atom. The van der Waals surface area contributed by atoms with Crippen molar-refractivity contribution in [1.82, 2.24) is 15.6 Å². The molecule has 0 bridgehead atoms. The van der Waals surface area contributed by atoms with Crippen molar-refractivity contribution in [2.75, 3.05) is 17.3 Å². The molecule has 10 nitrogen and oxygen atoms in total. The summed E-state index contributed by atoms with van der Waals surface area (Å²) in [4.78, 5) is 42.5. The quantitative estimate of drug-likeness (QED) is 0.148. The average molecular weight is 651 g/mol. The van der Waals surface area contributed by atoms with Gasteiger partial charge in [-0.3, -0.25) is 14.5 Å². The molecule has 3 atom stereocenters. The fourth-order valence-electron chi connectivity index (χ4n) is 5.39.